The van der Waals surface area contributed by atoms with Gasteiger partial charge in [-0.1, -0.05) is 41.9 Å². The SMILES string of the molecule is Cc1c(NC(=O)CCNS(=O)(=O)c2ccccc2Cl)c(=O)n(-c2ccccc2)n1C. The number of para-hydroxylation sites is 1. The number of carbonyl (C=O) groups excluding carboxylic acids is 1. The van der Waals surface area contributed by atoms with E-state index in [0.29, 0.717) is 11.4 Å². The van der Waals surface area contributed by atoms with Gasteiger partial charge < -0.3 is 5.32 Å². The molecule has 0 fully saturated rings. The molecule has 2 aromatic carbocycles. The van der Waals surface area contributed by atoms with Crippen LogP contribution >= 0.6 is 11.6 Å². The van der Waals surface area contributed by atoms with Crippen LogP contribution in [0.1, 0.15) is 12.1 Å². The number of carbonyl (C=O) groups is 1. The van der Waals surface area contributed by atoms with E-state index in [-0.39, 0.29) is 34.1 Å². The van der Waals surface area contributed by atoms with Crippen LogP contribution in [0.4, 0.5) is 5.69 Å². The minimum Gasteiger partial charge on any atom is -0.320 e. The van der Waals surface area contributed by atoms with Gasteiger partial charge in [-0.3, -0.25) is 14.3 Å². The Balaban J connectivity index is 1.69. The largest absolute Gasteiger partial charge is 0.320 e. The number of aromatic nitrogens is 2. The number of amides is 1. The lowest BCUT2D eigenvalue weighted by atomic mass is 10.3. The molecule has 2 N–H and O–H groups in total. The maximum atomic E-state index is 12.8. The topological polar surface area (TPSA) is 102 Å². The highest BCUT2D eigenvalue weighted by atomic mass is 35.5. The van der Waals surface area contributed by atoms with Crippen molar-refractivity contribution < 1.29 is 13.2 Å². The number of nitrogens with zero attached hydrogens (tertiary/aromatic N) is 2. The Morgan fingerprint density at radius 1 is 1.07 bits per heavy atom. The second kappa shape index (κ2) is 8.86. The lowest BCUT2D eigenvalue weighted by molar-refractivity contribution is -0.116. The van der Waals surface area contributed by atoms with Gasteiger partial charge in [-0.2, -0.15) is 0 Å². The van der Waals surface area contributed by atoms with Crippen LogP contribution < -0.4 is 15.6 Å². The molecule has 0 bridgehead atoms. The molecule has 158 valence electrons. The van der Waals surface area contributed by atoms with Gasteiger partial charge in [0.25, 0.3) is 5.56 Å². The third kappa shape index (κ3) is 4.48. The summed E-state index contributed by atoms with van der Waals surface area (Å²) in [5.41, 5.74) is 1.03. The minimum absolute atomic E-state index is 0.0586. The van der Waals surface area contributed by atoms with Crippen molar-refractivity contribution >= 4 is 33.2 Å². The molecule has 0 aliphatic heterocycles. The smallest absolute Gasteiger partial charge is 0.295 e. The highest BCUT2D eigenvalue weighted by Crippen LogP contribution is 2.20. The van der Waals surface area contributed by atoms with Crippen molar-refractivity contribution in [3.63, 3.8) is 0 Å². The molecule has 8 nitrogen and oxygen atoms in total. The van der Waals surface area contributed by atoms with Crippen molar-refractivity contribution in [2.75, 3.05) is 11.9 Å². The molecule has 0 saturated heterocycles. The monoisotopic (exact) mass is 448 g/mol. The molecular weight excluding hydrogens is 428 g/mol. The van der Waals surface area contributed by atoms with E-state index in [2.05, 4.69) is 10.0 Å². The normalized spacial score (nSPS) is 11.4. The Hall–Kier alpha value is -2.88. The minimum atomic E-state index is -3.85. The van der Waals surface area contributed by atoms with Crippen molar-refractivity contribution in [3.05, 3.63) is 75.7 Å². The van der Waals surface area contributed by atoms with Gasteiger partial charge >= 0.3 is 0 Å². The van der Waals surface area contributed by atoms with Crippen LogP contribution in [0.3, 0.4) is 0 Å². The molecule has 3 aromatic rings. The molecule has 1 heterocycles. The standard InChI is InChI=1S/C20H21ClN4O4S/c1-14-19(20(27)25(24(14)2)15-8-4-3-5-9-15)23-18(26)12-13-22-30(28,29)17-11-7-6-10-16(17)21/h3-11,22H,12-13H2,1-2H3,(H,23,26). The average molecular weight is 449 g/mol. The number of sulfonamides is 1. The highest BCUT2D eigenvalue weighted by Gasteiger charge is 2.20. The molecule has 0 saturated carbocycles. The summed E-state index contributed by atoms with van der Waals surface area (Å²) in [5, 5.41) is 2.69. The molecule has 0 aliphatic carbocycles. The first-order chi connectivity index (χ1) is 14.2. The molecule has 30 heavy (non-hydrogen) atoms. The van der Waals surface area contributed by atoms with Gasteiger partial charge in [-0.05, 0) is 31.2 Å². The molecule has 0 aliphatic rings. The number of benzene rings is 2. The summed E-state index contributed by atoms with van der Waals surface area (Å²) in [6.45, 7) is 1.58. The zero-order valence-electron chi connectivity index (χ0n) is 16.4. The molecular formula is C20H21ClN4O4S. The Kier molecular flexibility index (Phi) is 6.45. The Labute approximate surface area is 179 Å². The lowest BCUT2D eigenvalue weighted by Gasteiger charge is -2.08. The number of hydrogen-bond donors (Lipinski definition) is 2. The number of anilines is 1. The van der Waals surface area contributed by atoms with Crippen LogP contribution in [0.15, 0.2) is 64.3 Å². The fraction of sp³-hybridized carbons (Fsp3) is 0.200. The predicted octanol–water partition coefficient (Wildman–Crippen LogP) is 2.44. The molecule has 0 radical (unpaired) electrons. The fourth-order valence-corrected chi connectivity index (χ4v) is 4.50. The Morgan fingerprint density at radius 2 is 1.70 bits per heavy atom. The van der Waals surface area contributed by atoms with E-state index in [1.807, 2.05) is 18.2 Å². The van der Waals surface area contributed by atoms with Crippen LogP contribution in [0.25, 0.3) is 5.69 Å². The summed E-state index contributed by atoms with van der Waals surface area (Å²) in [6, 6.07) is 15.1. The fourth-order valence-electron chi connectivity index (χ4n) is 2.95. The van der Waals surface area contributed by atoms with Gasteiger partial charge in [0.2, 0.25) is 15.9 Å². The maximum Gasteiger partial charge on any atom is 0.295 e. The summed E-state index contributed by atoms with van der Waals surface area (Å²) in [6.07, 6.45) is -0.150. The molecule has 0 unspecified atom stereocenters. The van der Waals surface area contributed by atoms with E-state index in [0.717, 1.165) is 0 Å². The van der Waals surface area contributed by atoms with Gasteiger partial charge in [-0.15, -0.1) is 0 Å². The van der Waals surface area contributed by atoms with E-state index in [4.69, 9.17) is 11.6 Å². The second-order valence-corrected chi connectivity index (χ2v) is 8.71. The first-order valence-corrected chi connectivity index (χ1v) is 11.0. The van der Waals surface area contributed by atoms with Crippen molar-refractivity contribution in [1.82, 2.24) is 14.1 Å². The zero-order chi connectivity index (χ0) is 21.9. The predicted molar refractivity (Wildman–Crippen MR) is 116 cm³/mol. The van der Waals surface area contributed by atoms with Gasteiger partial charge in [0.05, 0.1) is 16.4 Å². The molecule has 3 rings (SSSR count). The van der Waals surface area contributed by atoms with Crippen LogP contribution in [0.2, 0.25) is 5.02 Å². The third-order valence-electron chi connectivity index (χ3n) is 4.59. The van der Waals surface area contributed by atoms with Gasteiger partial charge in [0.1, 0.15) is 10.6 Å². The molecule has 1 aromatic heterocycles. The molecule has 0 atom stereocenters. The van der Waals surface area contributed by atoms with E-state index in [1.54, 1.807) is 42.9 Å². The first-order valence-electron chi connectivity index (χ1n) is 9.10. The molecule has 10 heteroatoms. The quantitative estimate of drug-likeness (QED) is 0.579. The van der Waals surface area contributed by atoms with Crippen molar-refractivity contribution in [3.8, 4) is 5.69 Å². The second-order valence-electron chi connectivity index (χ2n) is 6.56. The van der Waals surface area contributed by atoms with Crippen molar-refractivity contribution in [1.29, 1.82) is 0 Å². The van der Waals surface area contributed by atoms with E-state index in [1.165, 1.54) is 16.8 Å². The van der Waals surface area contributed by atoms with Gasteiger partial charge in [-0.25, -0.2) is 17.8 Å². The molecule has 1 amide bonds. The molecule has 0 spiro atoms. The van der Waals surface area contributed by atoms with Crippen molar-refractivity contribution in [2.45, 2.75) is 18.2 Å². The van der Waals surface area contributed by atoms with Gasteiger partial charge in [0.15, 0.2) is 0 Å². The highest BCUT2D eigenvalue weighted by molar-refractivity contribution is 7.89. The third-order valence-corrected chi connectivity index (χ3v) is 6.55. The number of rotatable bonds is 7. The maximum absolute atomic E-state index is 12.8. The lowest BCUT2D eigenvalue weighted by Crippen LogP contribution is -2.29. The van der Waals surface area contributed by atoms with E-state index < -0.39 is 15.9 Å². The van der Waals surface area contributed by atoms with Crippen LogP contribution in [0, 0.1) is 6.92 Å². The number of nitrogens with one attached hydrogen (secondary N) is 2. The van der Waals surface area contributed by atoms with Crippen LogP contribution in [-0.4, -0.2) is 30.2 Å². The summed E-state index contributed by atoms with van der Waals surface area (Å²) >= 11 is 5.92. The first kappa shape index (κ1) is 21.8. The zero-order valence-corrected chi connectivity index (χ0v) is 18.0. The van der Waals surface area contributed by atoms with E-state index >= 15 is 0 Å². The van der Waals surface area contributed by atoms with Crippen LogP contribution in [0.5, 0.6) is 0 Å². The van der Waals surface area contributed by atoms with Gasteiger partial charge in [0, 0.05) is 20.0 Å². The Bertz CT molecular complexity index is 1230. The Morgan fingerprint density at radius 3 is 2.37 bits per heavy atom. The summed E-state index contributed by atoms with van der Waals surface area (Å²) in [7, 11) is -2.13. The van der Waals surface area contributed by atoms with Crippen LogP contribution in [-0.2, 0) is 21.9 Å². The summed E-state index contributed by atoms with van der Waals surface area (Å²) < 4.78 is 30.1. The summed E-state index contributed by atoms with van der Waals surface area (Å²) in [4.78, 5) is 25.1. The van der Waals surface area contributed by atoms with Crippen molar-refractivity contribution in [2.24, 2.45) is 7.05 Å². The number of hydrogen-bond acceptors (Lipinski definition) is 4. The number of halogens is 1. The van der Waals surface area contributed by atoms with E-state index in [9.17, 15) is 18.0 Å². The summed E-state index contributed by atoms with van der Waals surface area (Å²) in [5.74, 6) is -0.483. The average Bonchev–Trinajstić information content (AvgIpc) is 2.92.